The Labute approximate surface area is 118 Å². The van der Waals surface area contributed by atoms with Crippen molar-refractivity contribution in [2.45, 2.75) is 37.5 Å². The van der Waals surface area contributed by atoms with Gasteiger partial charge in [-0.25, -0.2) is 4.79 Å². The average molecular weight is 280 g/mol. The van der Waals surface area contributed by atoms with E-state index in [1.165, 1.54) is 25.7 Å². The summed E-state index contributed by atoms with van der Waals surface area (Å²) in [6.45, 7) is 2.66. The highest BCUT2D eigenvalue weighted by atomic mass is 32.2. The number of carbonyl (C=O) groups is 1. The van der Waals surface area contributed by atoms with Crippen LogP contribution in [0.2, 0.25) is 0 Å². The van der Waals surface area contributed by atoms with Crippen LogP contribution in [-0.4, -0.2) is 23.4 Å². The van der Waals surface area contributed by atoms with Crippen LogP contribution >= 0.6 is 11.8 Å². The zero-order chi connectivity index (χ0) is 13.7. The van der Waals surface area contributed by atoms with Gasteiger partial charge in [0, 0.05) is 4.90 Å². The summed E-state index contributed by atoms with van der Waals surface area (Å²) in [6.07, 6.45) is 4.94. The zero-order valence-corrected chi connectivity index (χ0v) is 12.0. The maximum atomic E-state index is 11.4. The molecule has 0 spiro atoms. The van der Waals surface area contributed by atoms with Gasteiger partial charge in [-0.05, 0) is 36.6 Å². The smallest absolute Gasteiger partial charge is 0.340 e. The fraction of sp³-hybridized carbons (Fsp3) is 0.533. The maximum absolute atomic E-state index is 11.4. The summed E-state index contributed by atoms with van der Waals surface area (Å²) in [5.74, 6) is 1.05. The molecule has 0 radical (unpaired) electrons. The van der Waals surface area contributed by atoms with Gasteiger partial charge in [0.1, 0.15) is 11.3 Å². The van der Waals surface area contributed by atoms with Gasteiger partial charge in [-0.1, -0.05) is 25.8 Å². The topological polar surface area (TPSA) is 46.5 Å². The summed E-state index contributed by atoms with van der Waals surface area (Å²) < 4.78 is 5.78. The molecule has 1 aromatic rings. The molecule has 1 aromatic carbocycles. The molecule has 0 amide bonds. The lowest BCUT2D eigenvalue weighted by atomic mass is 10.1. The first kappa shape index (κ1) is 14.3. The van der Waals surface area contributed by atoms with Gasteiger partial charge in [-0.15, -0.1) is 11.8 Å². The molecule has 4 heteroatoms. The van der Waals surface area contributed by atoms with Crippen molar-refractivity contribution in [1.29, 1.82) is 0 Å². The van der Waals surface area contributed by atoms with Crippen molar-refractivity contribution in [2.24, 2.45) is 5.92 Å². The van der Waals surface area contributed by atoms with Crippen LogP contribution in [0, 0.1) is 5.92 Å². The van der Waals surface area contributed by atoms with Crippen molar-refractivity contribution < 1.29 is 14.6 Å². The van der Waals surface area contributed by atoms with Gasteiger partial charge in [0.05, 0.1) is 6.61 Å². The first-order valence-corrected chi connectivity index (χ1v) is 7.82. The van der Waals surface area contributed by atoms with Crippen LogP contribution in [0.5, 0.6) is 5.75 Å². The first-order chi connectivity index (χ1) is 9.22. The number of ether oxygens (including phenoxy) is 1. The second kappa shape index (κ2) is 6.85. The number of carboxylic acids is 1. The highest BCUT2D eigenvalue weighted by Crippen LogP contribution is 2.32. The standard InChI is InChI=1S/C15H20O3S/c1-2-19-13-9-5-8-12(14(13)15(16)17)18-10-11-6-3-4-7-11/h5,8-9,11H,2-4,6-7,10H2,1H3,(H,16,17). The van der Waals surface area contributed by atoms with Gasteiger partial charge < -0.3 is 9.84 Å². The minimum atomic E-state index is -0.905. The summed E-state index contributed by atoms with van der Waals surface area (Å²) in [5, 5.41) is 9.37. The number of aromatic carboxylic acids is 1. The molecule has 1 aliphatic carbocycles. The predicted octanol–water partition coefficient (Wildman–Crippen LogP) is 4.07. The molecular formula is C15H20O3S. The normalized spacial score (nSPS) is 15.6. The van der Waals surface area contributed by atoms with Crippen molar-refractivity contribution in [3.8, 4) is 5.75 Å². The van der Waals surface area contributed by atoms with Crippen LogP contribution in [0.4, 0.5) is 0 Å². The van der Waals surface area contributed by atoms with Gasteiger partial charge in [-0.3, -0.25) is 0 Å². The van der Waals surface area contributed by atoms with E-state index in [0.717, 1.165) is 10.6 Å². The molecule has 0 saturated heterocycles. The van der Waals surface area contributed by atoms with Crippen molar-refractivity contribution in [1.82, 2.24) is 0 Å². The van der Waals surface area contributed by atoms with Gasteiger partial charge in [-0.2, -0.15) is 0 Å². The number of thioether (sulfide) groups is 1. The summed E-state index contributed by atoms with van der Waals surface area (Å²) in [6, 6.07) is 5.48. The van der Waals surface area contributed by atoms with Crippen LogP contribution in [0.1, 0.15) is 43.0 Å². The minimum Gasteiger partial charge on any atom is -0.492 e. The molecule has 1 fully saturated rings. The predicted molar refractivity (Wildman–Crippen MR) is 77.3 cm³/mol. The summed E-state index contributed by atoms with van der Waals surface area (Å²) in [5.41, 5.74) is 0.312. The van der Waals surface area contributed by atoms with Crippen molar-refractivity contribution in [3.63, 3.8) is 0 Å². The Kier molecular flexibility index (Phi) is 5.14. The highest BCUT2D eigenvalue weighted by Gasteiger charge is 2.20. The molecule has 104 valence electrons. The van der Waals surface area contributed by atoms with Crippen molar-refractivity contribution in [2.75, 3.05) is 12.4 Å². The van der Waals surface area contributed by atoms with E-state index in [2.05, 4.69) is 0 Å². The lowest BCUT2D eigenvalue weighted by molar-refractivity contribution is 0.0687. The molecular weight excluding hydrogens is 260 g/mol. The summed E-state index contributed by atoms with van der Waals surface area (Å²) in [7, 11) is 0. The van der Waals surface area contributed by atoms with E-state index in [4.69, 9.17) is 4.74 Å². The molecule has 1 N–H and O–H groups in total. The fourth-order valence-electron chi connectivity index (χ4n) is 2.50. The van der Waals surface area contributed by atoms with E-state index in [9.17, 15) is 9.90 Å². The highest BCUT2D eigenvalue weighted by molar-refractivity contribution is 7.99. The Morgan fingerprint density at radius 1 is 1.42 bits per heavy atom. The first-order valence-electron chi connectivity index (χ1n) is 6.84. The third kappa shape index (κ3) is 3.66. The number of benzene rings is 1. The summed E-state index contributed by atoms with van der Waals surface area (Å²) in [4.78, 5) is 12.2. The zero-order valence-electron chi connectivity index (χ0n) is 11.2. The lowest BCUT2D eigenvalue weighted by Crippen LogP contribution is -2.11. The fourth-order valence-corrected chi connectivity index (χ4v) is 3.32. The maximum Gasteiger partial charge on any atom is 0.340 e. The SMILES string of the molecule is CCSc1cccc(OCC2CCCC2)c1C(=O)O. The van der Waals surface area contributed by atoms with Crippen LogP contribution in [0.25, 0.3) is 0 Å². The van der Waals surface area contributed by atoms with E-state index in [-0.39, 0.29) is 0 Å². The molecule has 1 aliphatic rings. The quantitative estimate of drug-likeness (QED) is 0.798. The molecule has 0 atom stereocenters. The largest absolute Gasteiger partial charge is 0.492 e. The third-order valence-electron chi connectivity index (χ3n) is 3.45. The average Bonchev–Trinajstić information content (AvgIpc) is 2.89. The second-order valence-electron chi connectivity index (χ2n) is 4.83. The molecule has 0 aromatic heterocycles. The van der Waals surface area contributed by atoms with Gasteiger partial charge in [0.25, 0.3) is 0 Å². The lowest BCUT2D eigenvalue weighted by Gasteiger charge is -2.15. The Morgan fingerprint density at radius 2 is 2.16 bits per heavy atom. The van der Waals surface area contributed by atoms with Crippen LogP contribution < -0.4 is 4.74 Å². The van der Waals surface area contributed by atoms with Crippen molar-refractivity contribution in [3.05, 3.63) is 23.8 Å². The number of hydrogen-bond acceptors (Lipinski definition) is 3. The Bertz CT molecular complexity index is 439. The third-order valence-corrected chi connectivity index (χ3v) is 4.39. The van der Waals surface area contributed by atoms with E-state index in [0.29, 0.717) is 23.8 Å². The van der Waals surface area contributed by atoms with Crippen LogP contribution in [0.15, 0.2) is 23.1 Å². The number of hydrogen-bond donors (Lipinski definition) is 1. The van der Waals surface area contributed by atoms with Gasteiger partial charge >= 0.3 is 5.97 Å². The molecule has 19 heavy (non-hydrogen) atoms. The molecule has 3 nitrogen and oxygen atoms in total. The van der Waals surface area contributed by atoms with E-state index in [1.54, 1.807) is 17.8 Å². The Hall–Kier alpha value is -1.16. The molecule has 0 bridgehead atoms. The van der Waals surface area contributed by atoms with Gasteiger partial charge in [0.15, 0.2) is 0 Å². The summed E-state index contributed by atoms with van der Waals surface area (Å²) >= 11 is 1.54. The minimum absolute atomic E-state index is 0.312. The number of rotatable bonds is 6. The monoisotopic (exact) mass is 280 g/mol. The van der Waals surface area contributed by atoms with E-state index in [1.807, 2.05) is 19.1 Å². The molecule has 1 saturated carbocycles. The van der Waals surface area contributed by atoms with Crippen LogP contribution in [-0.2, 0) is 0 Å². The second-order valence-corrected chi connectivity index (χ2v) is 6.13. The van der Waals surface area contributed by atoms with E-state index >= 15 is 0 Å². The molecule has 0 heterocycles. The van der Waals surface area contributed by atoms with Crippen molar-refractivity contribution >= 4 is 17.7 Å². The molecule has 2 rings (SSSR count). The van der Waals surface area contributed by atoms with E-state index < -0.39 is 5.97 Å². The molecule has 0 unspecified atom stereocenters. The number of carboxylic acid groups (broad SMARTS) is 1. The van der Waals surface area contributed by atoms with Crippen LogP contribution in [0.3, 0.4) is 0 Å². The Balaban J connectivity index is 2.13. The molecule has 0 aliphatic heterocycles. The van der Waals surface area contributed by atoms with Gasteiger partial charge in [0.2, 0.25) is 0 Å². The Morgan fingerprint density at radius 3 is 2.79 bits per heavy atom.